The summed E-state index contributed by atoms with van der Waals surface area (Å²) >= 11 is 5.95. The molecule has 0 spiro atoms. The number of hydrogen-bond acceptors (Lipinski definition) is 1. The normalized spacial score (nSPS) is 38.4. The van der Waals surface area contributed by atoms with Gasteiger partial charge in [0.15, 0.2) is 0 Å². The molecule has 1 nitrogen and oxygen atoms in total. The third kappa shape index (κ3) is 2.08. The maximum absolute atomic E-state index is 13.7. The van der Waals surface area contributed by atoms with E-state index in [2.05, 4.69) is 5.32 Å². The topological polar surface area (TPSA) is 12.0 Å². The molecule has 0 saturated heterocycles. The summed E-state index contributed by atoms with van der Waals surface area (Å²) in [7, 11) is 0. The lowest BCUT2D eigenvalue weighted by Crippen LogP contribution is -2.39. The lowest BCUT2D eigenvalue weighted by molar-refractivity contribution is 0.207. The molecule has 0 amide bonds. The second kappa shape index (κ2) is 4.99. The standard InChI is InChI=1S/C17H21ClFN/c18-12-4-5-16(19)11(6-12)9-20-17-8-10-7-15(17)14-3-1-2-13(10)14/h4-6,10,13-15,17,20H,1-3,7-9H2. The summed E-state index contributed by atoms with van der Waals surface area (Å²) < 4.78 is 13.7. The molecule has 0 radical (unpaired) electrons. The zero-order valence-electron chi connectivity index (χ0n) is 11.6. The largest absolute Gasteiger partial charge is 0.310 e. The minimum Gasteiger partial charge on any atom is -0.310 e. The Morgan fingerprint density at radius 3 is 2.90 bits per heavy atom. The fourth-order valence-electron chi connectivity index (χ4n) is 5.22. The van der Waals surface area contributed by atoms with E-state index in [1.807, 2.05) is 0 Å². The summed E-state index contributed by atoms with van der Waals surface area (Å²) in [5.41, 5.74) is 0.697. The number of hydrogen-bond donors (Lipinski definition) is 1. The van der Waals surface area contributed by atoms with E-state index in [0.29, 0.717) is 23.2 Å². The molecule has 3 saturated carbocycles. The molecule has 0 aliphatic heterocycles. The van der Waals surface area contributed by atoms with Gasteiger partial charge in [0, 0.05) is 23.2 Å². The van der Waals surface area contributed by atoms with Gasteiger partial charge in [-0.15, -0.1) is 0 Å². The van der Waals surface area contributed by atoms with E-state index in [-0.39, 0.29) is 5.82 Å². The van der Waals surface area contributed by atoms with Crippen LogP contribution in [0.3, 0.4) is 0 Å². The van der Waals surface area contributed by atoms with Crippen LogP contribution in [-0.2, 0) is 6.54 Å². The van der Waals surface area contributed by atoms with Crippen LogP contribution in [0.1, 0.15) is 37.7 Å². The van der Waals surface area contributed by atoms with Crippen LogP contribution in [0.15, 0.2) is 18.2 Å². The Balaban J connectivity index is 1.42. The van der Waals surface area contributed by atoms with Crippen molar-refractivity contribution in [3.63, 3.8) is 0 Å². The van der Waals surface area contributed by atoms with Crippen LogP contribution in [0.5, 0.6) is 0 Å². The van der Waals surface area contributed by atoms with Crippen LogP contribution in [0.2, 0.25) is 5.02 Å². The van der Waals surface area contributed by atoms with Gasteiger partial charge in [0.05, 0.1) is 0 Å². The average molecular weight is 294 g/mol. The lowest BCUT2D eigenvalue weighted by atomic mass is 9.79. The SMILES string of the molecule is Fc1ccc(Cl)cc1CNC1CC2CC1C1CCCC21. The zero-order chi connectivity index (χ0) is 13.7. The summed E-state index contributed by atoms with van der Waals surface area (Å²) in [6, 6.07) is 5.42. The Morgan fingerprint density at radius 2 is 2.00 bits per heavy atom. The van der Waals surface area contributed by atoms with Crippen LogP contribution in [0.4, 0.5) is 4.39 Å². The van der Waals surface area contributed by atoms with Crippen molar-refractivity contribution in [2.45, 2.75) is 44.7 Å². The maximum Gasteiger partial charge on any atom is 0.127 e. The monoisotopic (exact) mass is 293 g/mol. The van der Waals surface area contributed by atoms with Gasteiger partial charge in [-0.05, 0) is 67.6 Å². The van der Waals surface area contributed by atoms with Gasteiger partial charge < -0.3 is 5.32 Å². The first kappa shape index (κ1) is 13.1. The molecule has 3 fully saturated rings. The number of rotatable bonds is 3. The number of nitrogens with one attached hydrogen (secondary N) is 1. The van der Waals surface area contributed by atoms with E-state index in [1.165, 1.54) is 38.2 Å². The maximum atomic E-state index is 13.7. The summed E-state index contributed by atoms with van der Waals surface area (Å²) in [5.74, 6) is 3.60. The van der Waals surface area contributed by atoms with Crippen molar-refractivity contribution in [2.75, 3.05) is 0 Å². The van der Waals surface area contributed by atoms with Crippen molar-refractivity contribution in [3.8, 4) is 0 Å². The Kier molecular flexibility index (Phi) is 3.27. The van der Waals surface area contributed by atoms with E-state index >= 15 is 0 Å². The van der Waals surface area contributed by atoms with Gasteiger partial charge in [0.2, 0.25) is 0 Å². The van der Waals surface area contributed by atoms with Crippen molar-refractivity contribution < 1.29 is 4.39 Å². The molecule has 1 aromatic carbocycles. The quantitative estimate of drug-likeness (QED) is 0.871. The van der Waals surface area contributed by atoms with Crippen molar-refractivity contribution in [1.29, 1.82) is 0 Å². The first-order chi connectivity index (χ1) is 9.72. The summed E-state index contributed by atoms with van der Waals surface area (Å²) in [6.45, 7) is 0.609. The Bertz CT molecular complexity index is 518. The second-order valence-electron chi connectivity index (χ2n) is 6.88. The highest BCUT2D eigenvalue weighted by Gasteiger charge is 2.53. The molecule has 1 aromatic rings. The van der Waals surface area contributed by atoms with E-state index in [4.69, 9.17) is 11.6 Å². The van der Waals surface area contributed by atoms with Crippen LogP contribution < -0.4 is 5.32 Å². The molecular weight excluding hydrogens is 273 g/mol. The lowest BCUT2D eigenvalue weighted by Gasteiger charge is -2.32. The van der Waals surface area contributed by atoms with Gasteiger partial charge in [0.25, 0.3) is 0 Å². The van der Waals surface area contributed by atoms with Crippen molar-refractivity contribution in [1.82, 2.24) is 5.32 Å². The number of benzene rings is 1. The molecule has 5 unspecified atom stereocenters. The van der Waals surface area contributed by atoms with Gasteiger partial charge in [-0.25, -0.2) is 4.39 Å². The van der Waals surface area contributed by atoms with Gasteiger partial charge in [-0.1, -0.05) is 18.0 Å². The Morgan fingerprint density at radius 1 is 1.15 bits per heavy atom. The van der Waals surface area contributed by atoms with E-state index in [1.54, 1.807) is 12.1 Å². The van der Waals surface area contributed by atoms with Crippen LogP contribution in [0.25, 0.3) is 0 Å². The summed E-state index contributed by atoms with van der Waals surface area (Å²) in [5, 5.41) is 4.23. The van der Waals surface area contributed by atoms with E-state index < -0.39 is 0 Å². The minimum atomic E-state index is -0.149. The molecule has 3 heteroatoms. The van der Waals surface area contributed by atoms with Gasteiger partial charge >= 0.3 is 0 Å². The van der Waals surface area contributed by atoms with E-state index in [9.17, 15) is 4.39 Å². The molecular formula is C17H21ClFN. The van der Waals surface area contributed by atoms with Gasteiger partial charge in [-0.3, -0.25) is 0 Å². The number of halogens is 2. The highest BCUT2D eigenvalue weighted by Crippen LogP contribution is 2.58. The van der Waals surface area contributed by atoms with Crippen molar-refractivity contribution in [2.24, 2.45) is 23.7 Å². The van der Waals surface area contributed by atoms with Crippen LogP contribution >= 0.6 is 11.6 Å². The molecule has 0 heterocycles. The molecule has 3 aliphatic carbocycles. The molecule has 108 valence electrons. The van der Waals surface area contributed by atoms with Crippen molar-refractivity contribution in [3.05, 3.63) is 34.6 Å². The highest BCUT2D eigenvalue weighted by atomic mass is 35.5. The van der Waals surface area contributed by atoms with Crippen molar-refractivity contribution >= 4 is 11.6 Å². The molecule has 3 aliphatic rings. The van der Waals surface area contributed by atoms with Gasteiger partial charge in [-0.2, -0.15) is 0 Å². The first-order valence-electron chi connectivity index (χ1n) is 7.89. The predicted octanol–water partition coefficient (Wildman–Crippen LogP) is 4.39. The zero-order valence-corrected chi connectivity index (χ0v) is 12.4. The van der Waals surface area contributed by atoms with Crippen LogP contribution in [0, 0.1) is 29.5 Å². The fourth-order valence-corrected chi connectivity index (χ4v) is 5.42. The Hall–Kier alpha value is -0.600. The highest BCUT2D eigenvalue weighted by molar-refractivity contribution is 6.30. The second-order valence-corrected chi connectivity index (χ2v) is 7.31. The Labute approximate surface area is 124 Å². The van der Waals surface area contributed by atoms with E-state index in [0.717, 1.165) is 23.7 Å². The summed E-state index contributed by atoms with van der Waals surface area (Å²) in [6.07, 6.45) is 7.02. The average Bonchev–Trinajstić information content (AvgIpc) is 3.10. The van der Waals surface area contributed by atoms with Gasteiger partial charge in [0.1, 0.15) is 5.82 Å². The number of fused-ring (bicyclic) bond motifs is 5. The molecule has 4 rings (SSSR count). The summed E-state index contributed by atoms with van der Waals surface area (Å²) in [4.78, 5) is 0. The first-order valence-corrected chi connectivity index (χ1v) is 8.27. The molecule has 1 N–H and O–H groups in total. The fraction of sp³-hybridized carbons (Fsp3) is 0.647. The predicted molar refractivity (Wildman–Crippen MR) is 79.1 cm³/mol. The molecule has 5 atom stereocenters. The minimum absolute atomic E-state index is 0.149. The van der Waals surface area contributed by atoms with Crippen LogP contribution in [-0.4, -0.2) is 6.04 Å². The smallest absolute Gasteiger partial charge is 0.127 e. The molecule has 0 aromatic heterocycles. The molecule has 2 bridgehead atoms. The molecule has 20 heavy (non-hydrogen) atoms. The third-order valence-electron chi connectivity index (χ3n) is 5.99. The third-order valence-corrected chi connectivity index (χ3v) is 6.23.